The SMILES string of the molecule is O=C(O)c1c(OC2CN(C(=O)C3CCCNC3)C2)ccc(CCB(O)O)c1O. The van der Waals surface area contributed by atoms with Gasteiger partial charge in [-0.25, -0.2) is 4.79 Å². The molecule has 0 saturated carbocycles. The maximum Gasteiger partial charge on any atom is 0.451 e. The van der Waals surface area contributed by atoms with Gasteiger partial charge in [-0.05, 0) is 43.8 Å². The Balaban J connectivity index is 1.62. The summed E-state index contributed by atoms with van der Waals surface area (Å²) < 4.78 is 5.72. The van der Waals surface area contributed by atoms with E-state index in [9.17, 15) is 19.8 Å². The summed E-state index contributed by atoms with van der Waals surface area (Å²) in [6, 6.07) is 2.96. The summed E-state index contributed by atoms with van der Waals surface area (Å²) in [6.07, 6.45) is 1.61. The van der Waals surface area contributed by atoms with Gasteiger partial charge >= 0.3 is 13.1 Å². The van der Waals surface area contributed by atoms with Gasteiger partial charge in [-0.15, -0.1) is 0 Å². The van der Waals surface area contributed by atoms with Crippen LogP contribution in [0.15, 0.2) is 12.1 Å². The molecule has 10 heteroatoms. The van der Waals surface area contributed by atoms with Crippen molar-refractivity contribution in [3.05, 3.63) is 23.3 Å². The van der Waals surface area contributed by atoms with E-state index in [1.54, 1.807) is 4.90 Å². The maximum absolute atomic E-state index is 12.4. The third-order valence-electron chi connectivity index (χ3n) is 5.21. The van der Waals surface area contributed by atoms with Crippen LogP contribution < -0.4 is 10.1 Å². The van der Waals surface area contributed by atoms with E-state index in [-0.39, 0.29) is 42.0 Å². The normalized spacial score (nSPS) is 19.8. The van der Waals surface area contributed by atoms with Crippen LogP contribution in [0.1, 0.15) is 28.8 Å². The van der Waals surface area contributed by atoms with Crippen molar-refractivity contribution in [2.45, 2.75) is 31.7 Å². The van der Waals surface area contributed by atoms with E-state index in [4.69, 9.17) is 14.8 Å². The topological polar surface area (TPSA) is 140 Å². The molecule has 0 spiro atoms. The lowest BCUT2D eigenvalue weighted by Gasteiger charge is -2.41. The quantitative estimate of drug-likeness (QED) is 0.399. The lowest BCUT2D eigenvalue weighted by Crippen LogP contribution is -2.58. The van der Waals surface area contributed by atoms with Gasteiger partial charge in [0, 0.05) is 6.54 Å². The van der Waals surface area contributed by atoms with Gasteiger partial charge in [0.25, 0.3) is 0 Å². The van der Waals surface area contributed by atoms with Crippen molar-refractivity contribution in [1.82, 2.24) is 10.2 Å². The smallest absolute Gasteiger partial charge is 0.451 e. The molecule has 0 radical (unpaired) electrons. The highest BCUT2D eigenvalue weighted by Gasteiger charge is 2.37. The Bertz CT molecular complexity index is 731. The molecule has 3 rings (SSSR count). The summed E-state index contributed by atoms with van der Waals surface area (Å²) in [5.74, 6) is -1.67. The van der Waals surface area contributed by atoms with Crippen LogP contribution in [0.4, 0.5) is 0 Å². The van der Waals surface area contributed by atoms with Gasteiger partial charge in [-0.1, -0.05) is 6.07 Å². The summed E-state index contributed by atoms with van der Waals surface area (Å²) in [5, 5.41) is 40.9. The van der Waals surface area contributed by atoms with Crippen LogP contribution in [-0.4, -0.2) is 76.4 Å². The molecule has 28 heavy (non-hydrogen) atoms. The molecule has 1 unspecified atom stereocenters. The van der Waals surface area contributed by atoms with Gasteiger partial charge in [0.05, 0.1) is 19.0 Å². The molecule has 152 valence electrons. The van der Waals surface area contributed by atoms with Crippen molar-refractivity contribution >= 4 is 19.0 Å². The third-order valence-corrected chi connectivity index (χ3v) is 5.21. The number of nitrogens with one attached hydrogen (secondary N) is 1. The van der Waals surface area contributed by atoms with Crippen molar-refractivity contribution in [1.29, 1.82) is 0 Å². The maximum atomic E-state index is 12.4. The number of aryl methyl sites for hydroxylation is 1. The number of aromatic carboxylic acids is 1. The zero-order chi connectivity index (χ0) is 20.3. The number of carbonyl (C=O) groups excluding carboxylic acids is 1. The molecule has 1 aromatic carbocycles. The molecule has 0 bridgehead atoms. The van der Waals surface area contributed by atoms with E-state index in [1.807, 2.05) is 0 Å². The Labute approximate surface area is 163 Å². The average Bonchev–Trinajstić information content (AvgIpc) is 2.63. The van der Waals surface area contributed by atoms with Crippen molar-refractivity contribution < 1.29 is 34.6 Å². The third kappa shape index (κ3) is 4.57. The minimum atomic E-state index is -1.54. The van der Waals surface area contributed by atoms with Crippen molar-refractivity contribution in [3.63, 3.8) is 0 Å². The Hall–Kier alpha value is -2.30. The number of ether oxygens (including phenoxy) is 1. The number of benzene rings is 1. The standard InChI is InChI=1S/C18H25BN2O7/c22-16-11(5-6-19(26)27)3-4-14(15(16)18(24)25)28-13-9-21(10-13)17(23)12-2-1-7-20-8-12/h3-4,12-13,20,22,26-27H,1-2,5-10H2,(H,24,25). The molecule has 2 heterocycles. The Morgan fingerprint density at radius 2 is 2.04 bits per heavy atom. The lowest BCUT2D eigenvalue weighted by atomic mass is 9.82. The summed E-state index contributed by atoms with van der Waals surface area (Å²) in [7, 11) is -1.54. The second-order valence-electron chi connectivity index (χ2n) is 7.30. The van der Waals surface area contributed by atoms with Crippen molar-refractivity contribution in [3.8, 4) is 11.5 Å². The van der Waals surface area contributed by atoms with Crippen LogP contribution >= 0.6 is 0 Å². The number of carboxylic acids is 1. The van der Waals surface area contributed by atoms with Crippen LogP contribution in [0.5, 0.6) is 11.5 Å². The fourth-order valence-electron chi connectivity index (χ4n) is 3.60. The molecule has 5 N–H and O–H groups in total. The van der Waals surface area contributed by atoms with Gasteiger partial charge in [0.1, 0.15) is 23.2 Å². The molecule has 1 aromatic rings. The fraction of sp³-hybridized carbons (Fsp3) is 0.556. The van der Waals surface area contributed by atoms with Gasteiger partial charge in [0.15, 0.2) is 0 Å². The second-order valence-corrected chi connectivity index (χ2v) is 7.30. The molecule has 2 aliphatic rings. The first-order chi connectivity index (χ1) is 13.4. The number of rotatable bonds is 7. The highest BCUT2D eigenvalue weighted by Crippen LogP contribution is 2.34. The zero-order valence-corrected chi connectivity index (χ0v) is 15.5. The first-order valence-corrected chi connectivity index (χ1v) is 9.47. The van der Waals surface area contributed by atoms with Gasteiger partial charge < -0.3 is 35.2 Å². The molecule has 2 fully saturated rings. The molecule has 9 nitrogen and oxygen atoms in total. The minimum Gasteiger partial charge on any atom is -0.507 e. The number of amides is 1. The Morgan fingerprint density at radius 3 is 2.64 bits per heavy atom. The van der Waals surface area contributed by atoms with Crippen molar-refractivity contribution in [2.75, 3.05) is 26.2 Å². The number of likely N-dealkylation sites (tertiary alicyclic amines) is 1. The second kappa shape index (κ2) is 8.81. The number of carbonyl (C=O) groups is 2. The number of hydrogen-bond donors (Lipinski definition) is 5. The molecular weight excluding hydrogens is 367 g/mol. The van der Waals surface area contributed by atoms with Crippen LogP contribution in [-0.2, 0) is 11.2 Å². The van der Waals surface area contributed by atoms with Gasteiger partial charge in [-0.3, -0.25) is 4.79 Å². The van der Waals surface area contributed by atoms with Crippen LogP contribution in [0.3, 0.4) is 0 Å². The predicted octanol–water partition coefficient (Wildman–Crippen LogP) is -0.305. The first-order valence-electron chi connectivity index (χ1n) is 9.47. The summed E-state index contributed by atoms with van der Waals surface area (Å²) in [5.41, 5.74) is -0.0563. The monoisotopic (exact) mass is 392 g/mol. The Kier molecular flexibility index (Phi) is 6.43. The van der Waals surface area contributed by atoms with E-state index < -0.39 is 18.8 Å². The molecule has 1 atom stereocenters. The number of piperidine rings is 1. The summed E-state index contributed by atoms with van der Waals surface area (Å²) in [6.45, 7) is 2.38. The van der Waals surface area contributed by atoms with Crippen LogP contribution in [0, 0.1) is 5.92 Å². The van der Waals surface area contributed by atoms with E-state index >= 15 is 0 Å². The minimum absolute atomic E-state index is 0.0190. The average molecular weight is 392 g/mol. The fourth-order valence-corrected chi connectivity index (χ4v) is 3.60. The summed E-state index contributed by atoms with van der Waals surface area (Å²) >= 11 is 0. The molecule has 2 aliphatic heterocycles. The molecule has 0 aliphatic carbocycles. The number of hydrogen-bond acceptors (Lipinski definition) is 7. The molecular formula is C18H25BN2O7. The highest BCUT2D eigenvalue weighted by molar-refractivity contribution is 6.41. The van der Waals surface area contributed by atoms with E-state index in [2.05, 4.69) is 5.32 Å². The lowest BCUT2D eigenvalue weighted by molar-refractivity contribution is -0.145. The highest BCUT2D eigenvalue weighted by atomic mass is 16.5. The van der Waals surface area contributed by atoms with Gasteiger partial charge in [0.2, 0.25) is 5.91 Å². The van der Waals surface area contributed by atoms with Crippen molar-refractivity contribution in [2.24, 2.45) is 5.92 Å². The molecule has 0 aromatic heterocycles. The Morgan fingerprint density at radius 1 is 1.29 bits per heavy atom. The van der Waals surface area contributed by atoms with Crippen LogP contribution in [0.2, 0.25) is 6.32 Å². The van der Waals surface area contributed by atoms with E-state index in [0.29, 0.717) is 25.2 Å². The van der Waals surface area contributed by atoms with E-state index in [0.717, 1.165) is 19.4 Å². The summed E-state index contributed by atoms with van der Waals surface area (Å²) in [4.78, 5) is 25.7. The van der Waals surface area contributed by atoms with Crippen LogP contribution in [0.25, 0.3) is 0 Å². The number of phenols is 1. The zero-order valence-electron chi connectivity index (χ0n) is 15.5. The largest absolute Gasteiger partial charge is 0.507 e. The van der Waals surface area contributed by atoms with Gasteiger partial charge in [-0.2, -0.15) is 0 Å². The number of nitrogens with zero attached hydrogens (tertiary/aromatic N) is 1. The molecule has 2 saturated heterocycles. The molecule has 1 amide bonds. The first kappa shape index (κ1) is 20.4. The van der Waals surface area contributed by atoms with E-state index in [1.165, 1.54) is 12.1 Å². The number of carboxylic acid groups (broad SMARTS) is 1. The number of aromatic hydroxyl groups is 1. The predicted molar refractivity (Wildman–Crippen MR) is 100 cm³/mol.